The Bertz CT molecular complexity index is 256. The zero-order valence-corrected chi connectivity index (χ0v) is 10.6. The SMILES string of the molecule is CSC(=NCCOC1CCCCC1)NC#N. The standard InChI is InChI=1S/C11H19N3OS/c1-16-11(14-9-12)13-7-8-15-10-5-3-2-4-6-10/h10H,2-8H2,1H3,(H,13,14). The van der Waals surface area contributed by atoms with Gasteiger partial charge < -0.3 is 4.74 Å². The molecule has 0 radical (unpaired) electrons. The van der Waals surface area contributed by atoms with Crippen LogP contribution in [-0.2, 0) is 4.74 Å². The highest BCUT2D eigenvalue weighted by Crippen LogP contribution is 2.19. The summed E-state index contributed by atoms with van der Waals surface area (Å²) < 4.78 is 5.73. The van der Waals surface area contributed by atoms with Gasteiger partial charge >= 0.3 is 0 Å². The number of thioether (sulfide) groups is 1. The van der Waals surface area contributed by atoms with Gasteiger partial charge in [-0.05, 0) is 19.1 Å². The molecular formula is C11H19N3OS. The minimum atomic E-state index is 0.436. The maximum Gasteiger partial charge on any atom is 0.183 e. The normalized spacial score (nSPS) is 18.1. The van der Waals surface area contributed by atoms with Gasteiger partial charge in [0.15, 0.2) is 11.4 Å². The Morgan fingerprint density at radius 3 is 2.88 bits per heavy atom. The van der Waals surface area contributed by atoms with E-state index in [4.69, 9.17) is 10.00 Å². The lowest BCUT2D eigenvalue weighted by molar-refractivity contribution is 0.0335. The average Bonchev–Trinajstić information content (AvgIpc) is 2.34. The van der Waals surface area contributed by atoms with Crippen LogP contribution in [0.2, 0.25) is 0 Å². The molecule has 90 valence electrons. The first-order chi connectivity index (χ1) is 7.86. The maximum absolute atomic E-state index is 8.44. The molecule has 1 N–H and O–H groups in total. The Morgan fingerprint density at radius 1 is 1.50 bits per heavy atom. The van der Waals surface area contributed by atoms with Crippen LogP contribution >= 0.6 is 11.8 Å². The third-order valence-corrected chi connectivity index (χ3v) is 3.23. The fourth-order valence-corrected chi connectivity index (χ4v) is 2.17. The Balaban J connectivity index is 2.12. The summed E-state index contributed by atoms with van der Waals surface area (Å²) in [6, 6.07) is 0. The second-order valence-corrected chi connectivity index (χ2v) is 4.55. The van der Waals surface area contributed by atoms with Crippen LogP contribution < -0.4 is 5.32 Å². The number of aliphatic imine (C=N–C) groups is 1. The zero-order chi connectivity index (χ0) is 11.6. The lowest BCUT2D eigenvalue weighted by Crippen LogP contribution is -2.19. The smallest absolute Gasteiger partial charge is 0.183 e. The topological polar surface area (TPSA) is 57.4 Å². The van der Waals surface area contributed by atoms with Crippen LogP contribution in [0.1, 0.15) is 32.1 Å². The van der Waals surface area contributed by atoms with Crippen molar-refractivity contribution in [1.29, 1.82) is 5.26 Å². The first-order valence-electron chi connectivity index (χ1n) is 5.72. The molecule has 0 heterocycles. The maximum atomic E-state index is 8.44. The summed E-state index contributed by atoms with van der Waals surface area (Å²) in [5.41, 5.74) is 0. The van der Waals surface area contributed by atoms with Gasteiger partial charge in [0.05, 0.1) is 19.3 Å². The molecule has 0 atom stereocenters. The zero-order valence-electron chi connectivity index (χ0n) is 9.74. The molecule has 0 spiro atoms. The largest absolute Gasteiger partial charge is 0.376 e. The summed E-state index contributed by atoms with van der Waals surface area (Å²) in [6.07, 6.45) is 10.5. The van der Waals surface area contributed by atoms with Gasteiger partial charge in [0, 0.05) is 0 Å². The number of amidine groups is 1. The molecule has 4 nitrogen and oxygen atoms in total. The van der Waals surface area contributed by atoms with Crippen molar-refractivity contribution in [3.63, 3.8) is 0 Å². The number of hydrogen-bond donors (Lipinski definition) is 1. The van der Waals surface area contributed by atoms with Gasteiger partial charge in [-0.15, -0.1) is 0 Å². The number of nitrogens with one attached hydrogen (secondary N) is 1. The number of nitriles is 1. The highest BCUT2D eigenvalue weighted by molar-refractivity contribution is 8.13. The molecule has 16 heavy (non-hydrogen) atoms. The minimum Gasteiger partial charge on any atom is -0.376 e. The molecule has 0 saturated heterocycles. The van der Waals surface area contributed by atoms with Crippen molar-refractivity contribution < 1.29 is 4.74 Å². The van der Waals surface area contributed by atoms with Crippen LogP contribution in [0.15, 0.2) is 4.99 Å². The monoisotopic (exact) mass is 241 g/mol. The third kappa shape index (κ3) is 5.38. The predicted octanol–water partition coefficient (Wildman–Crippen LogP) is 2.13. The first kappa shape index (κ1) is 13.3. The molecule has 0 aromatic rings. The van der Waals surface area contributed by atoms with Gasteiger partial charge in [-0.2, -0.15) is 5.26 Å². The van der Waals surface area contributed by atoms with E-state index in [0.29, 0.717) is 24.4 Å². The Hall–Kier alpha value is -0.730. The van der Waals surface area contributed by atoms with Crippen molar-refractivity contribution >= 4 is 16.9 Å². The molecule has 0 aromatic carbocycles. The fourth-order valence-electron chi connectivity index (χ4n) is 1.80. The molecule has 1 fully saturated rings. The van der Waals surface area contributed by atoms with Crippen LogP contribution in [0, 0.1) is 11.5 Å². The molecule has 1 rings (SSSR count). The van der Waals surface area contributed by atoms with Gasteiger partial charge in [0.25, 0.3) is 0 Å². The molecule has 1 saturated carbocycles. The van der Waals surface area contributed by atoms with E-state index < -0.39 is 0 Å². The van der Waals surface area contributed by atoms with Crippen LogP contribution in [0.5, 0.6) is 0 Å². The lowest BCUT2D eigenvalue weighted by Gasteiger charge is -2.21. The summed E-state index contributed by atoms with van der Waals surface area (Å²) in [4.78, 5) is 4.24. The van der Waals surface area contributed by atoms with Crippen LogP contribution in [0.4, 0.5) is 0 Å². The molecule has 0 aromatic heterocycles. The van der Waals surface area contributed by atoms with E-state index in [1.54, 1.807) is 0 Å². The van der Waals surface area contributed by atoms with E-state index >= 15 is 0 Å². The number of ether oxygens (including phenoxy) is 1. The summed E-state index contributed by atoms with van der Waals surface area (Å²) >= 11 is 1.44. The highest BCUT2D eigenvalue weighted by atomic mass is 32.2. The molecule has 5 heteroatoms. The minimum absolute atomic E-state index is 0.436. The molecule has 1 aliphatic carbocycles. The molecule has 0 aliphatic heterocycles. The van der Waals surface area contributed by atoms with Crippen LogP contribution in [-0.4, -0.2) is 30.7 Å². The van der Waals surface area contributed by atoms with Crippen molar-refractivity contribution in [2.24, 2.45) is 4.99 Å². The fraction of sp³-hybridized carbons (Fsp3) is 0.818. The highest BCUT2D eigenvalue weighted by Gasteiger charge is 2.12. The Labute approximate surface area is 101 Å². The summed E-state index contributed by atoms with van der Waals surface area (Å²) in [5.74, 6) is 0. The Kier molecular flexibility index (Phi) is 7.02. The van der Waals surface area contributed by atoms with E-state index in [1.165, 1.54) is 43.9 Å². The lowest BCUT2D eigenvalue weighted by atomic mass is 9.98. The van der Waals surface area contributed by atoms with Crippen LogP contribution in [0.25, 0.3) is 0 Å². The van der Waals surface area contributed by atoms with Gasteiger partial charge in [-0.25, -0.2) is 0 Å². The number of hydrogen-bond acceptors (Lipinski definition) is 4. The van der Waals surface area contributed by atoms with Crippen molar-refractivity contribution in [1.82, 2.24) is 5.32 Å². The van der Waals surface area contributed by atoms with Gasteiger partial charge in [-0.1, -0.05) is 31.0 Å². The summed E-state index contributed by atoms with van der Waals surface area (Å²) in [5, 5.41) is 11.6. The molecular weight excluding hydrogens is 222 g/mol. The Morgan fingerprint density at radius 2 is 2.25 bits per heavy atom. The molecule has 0 bridgehead atoms. The quantitative estimate of drug-likeness (QED) is 0.269. The first-order valence-corrected chi connectivity index (χ1v) is 6.94. The number of nitrogens with zero attached hydrogens (tertiary/aromatic N) is 2. The van der Waals surface area contributed by atoms with Gasteiger partial charge in [-0.3, -0.25) is 10.3 Å². The third-order valence-electron chi connectivity index (χ3n) is 2.61. The van der Waals surface area contributed by atoms with Gasteiger partial charge in [0.1, 0.15) is 0 Å². The average molecular weight is 241 g/mol. The second-order valence-electron chi connectivity index (χ2n) is 3.76. The summed E-state index contributed by atoms with van der Waals surface area (Å²) in [6.45, 7) is 1.28. The van der Waals surface area contributed by atoms with Crippen LogP contribution in [0.3, 0.4) is 0 Å². The molecule has 0 amide bonds. The number of rotatable bonds is 4. The van der Waals surface area contributed by atoms with E-state index in [2.05, 4.69) is 10.3 Å². The second kappa shape index (κ2) is 8.43. The van der Waals surface area contributed by atoms with Gasteiger partial charge in [0.2, 0.25) is 0 Å². The van der Waals surface area contributed by atoms with Crippen molar-refractivity contribution in [3.05, 3.63) is 0 Å². The van der Waals surface area contributed by atoms with Crippen molar-refractivity contribution in [2.45, 2.75) is 38.2 Å². The predicted molar refractivity (Wildman–Crippen MR) is 67.4 cm³/mol. The van der Waals surface area contributed by atoms with Crippen molar-refractivity contribution in [3.8, 4) is 6.19 Å². The van der Waals surface area contributed by atoms with E-state index in [0.717, 1.165) is 0 Å². The summed E-state index contributed by atoms with van der Waals surface area (Å²) in [7, 11) is 0. The van der Waals surface area contributed by atoms with Crippen molar-refractivity contribution in [2.75, 3.05) is 19.4 Å². The van der Waals surface area contributed by atoms with E-state index in [9.17, 15) is 0 Å². The molecule has 1 aliphatic rings. The van der Waals surface area contributed by atoms with E-state index in [1.807, 2.05) is 12.4 Å². The van der Waals surface area contributed by atoms with E-state index in [-0.39, 0.29) is 0 Å². The molecule has 0 unspecified atom stereocenters.